The van der Waals surface area contributed by atoms with Crippen molar-refractivity contribution < 1.29 is 9.53 Å². The number of benzene rings is 1. The van der Waals surface area contributed by atoms with Gasteiger partial charge in [-0.3, -0.25) is 4.90 Å². The molecule has 1 amide bonds. The fourth-order valence-corrected chi connectivity index (χ4v) is 1.97. The highest BCUT2D eigenvalue weighted by Gasteiger charge is 2.20. The number of hydrogen-bond acceptors (Lipinski definition) is 3. The second kappa shape index (κ2) is 6.36. The number of aromatic nitrogens is 1. The largest absolute Gasteiger partial charge is 0.443 e. The van der Waals surface area contributed by atoms with Gasteiger partial charge >= 0.3 is 6.09 Å². The number of ether oxygens (including phenoxy) is 1. The number of hydrogen-bond donors (Lipinski definition) is 0. The molecule has 5 heteroatoms. The number of amides is 1. The molecule has 0 aliphatic rings. The van der Waals surface area contributed by atoms with Crippen LogP contribution in [0.3, 0.4) is 0 Å². The normalized spacial score (nSPS) is 11.1. The van der Waals surface area contributed by atoms with E-state index in [0.29, 0.717) is 5.15 Å². The lowest BCUT2D eigenvalue weighted by Gasteiger charge is -2.24. The van der Waals surface area contributed by atoms with E-state index in [0.717, 1.165) is 16.8 Å². The van der Waals surface area contributed by atoms with E-state index in [2.05, 4.69) is 4.98 Å². The third kappa shape index (κ3) is 4.21. The number of rotatable bonds is 2. The van der Waals surface area contributed by atoms with Crippen LogP contribution in [0.5, 0.6) is 0 Å². The molecule has 0 unspecified atom stereocenters. The molecule has 1 aromatic carbocycles. The van der Waals surface area contributed by atoms with Crippen LogP contribution >= 0.6 is 11.6 Å². The first-order valence-corrected chi connectivity index (χ1v) is 7.33. The molecule has 116 valence electrons. The van der Waals surface area contributed by atoms with E-state index in [9.17, 15) is 4.79 Å². The molecule has 0 atom stereocenters. The van der Waals surface area contributed by atoms with Crippen LogP contribution < -0.4 is 4.90 Å². The first kappa shape index (κ1) is 16.3. The maximum atomic E-state index is 12.0. The number of halogens is 1. The van der Waals surface area contributed by atoms with Gasteiger partial charge in [-0.15, -0.1) is 0 Å². The molecule has 0 saturated heterocycles. The summed E-state index contributed by atoms with van der Waals surface area (Å²) in [6, 6.07) is 11.3. The average molecular weight is 319 g/mol. The molecule has 0 bridgehead atoms. The minimum atomic E-state index is -0.514. The lowest BCUT2D eigenvalue weighted by molar-refractivity contribution is 0.0589. The zero-order valence-electron chi connectivity index (χ0n) is 13.1. The molecule has 2 aromatic rings. The summed E-state index contributed by atoms with van der Waals surface area (Å²) in [6.07, 6.45) is 1.34. The fraction of sp³-hybridized carbons (Fsp3) is 0.294. The summed E-state index contributed by atoms with van der Waals surface area (Å²) < 4.78 is 5.34. The van der Waals surface area contributed by atoms with E-state index in [1.165, 1.54) is 4.90 Å². The van der Waals surface area contributed by atoms with Gasteiger partial charge < -0.3 is 4.74 Å². The Hall–Kier alpha value is -2.07. The van der Waals surface area contributed by atoms with Gasteiger partial charge in [0.05, 0.1) is 0 Å². The van der Waals surface area contributed by atoms with Crippen LogP contribution in [0.1, 0.15) is 20.8 Å². The first-order valence-electron chi connectivity index (χ1n) is 6.95. The third-order valence-corrected chi connectivity index (χ3v) is 3.21. The number of nitrogens with zero attached hydrogens (tertiary/aromatic N) is 2. The molecule has 4 nitrogen and oxygen atoms in total. The molecular weight excluding hydrogens is 300 g/mol. The van der Waals surface area contributed by atoms with Gasteiger partial charge in [-0.1, -0.05) is 23.7 Å². The standard InChI is InChI=1S/C17H19ClN2O2/c1-17(2,3)22-16(21)20(4)14-8-5-12(6-9-14)13-7-10-15(18)19-11-13/h5-11H,1-4H3. The topological polar surface area (TPSA) is 42.4 Å². The lowest BCUT2D eigenvalue weighted by atomic mass is 10.1. The van der Waals surface area contributed by atoms with E-state index < -0.39 is 5.60 Å². The van der Waals surface area contributed by atoms with Gasteiger partial charge in [0.25, 0.3) is 0 Å². The summed E-state index contributed by atoms with van der Waals surface area (Å²) in [6.45, 7) is 5.53. The van der Waals surface area contributed by atoms with Crippen LogP contribution in [0.4, 0.5) is 10.5 Å². The maximum Gasteiger partial charge on any atom is 0.414 e. The van der Waals surface area contributed by atoms with Gasteiger partial charge in [-0.2, -0.15) is 0 Å². The number of pyridine rings is 1. The minimum Gasteiger partial charge on any atom is -0.443 e. The van der Waals surface area contributed by atoms with Crippen molar-refractivity contribution >= 4 is 23.4 Å². The fourth-order valence-electron chi connectivity index (χ4n) is 1.86. The predicted molar refractivity (Wildman–Crippen MR) is 89.3 cm³/mol. The molecule has 0 spiro atoms. The number of anilines is 1. The quantitative estimate of drug-likeness (QED) is 0.749. The summed E-state index contributed by atoms with van der Waals surface area (Å²) in [5, 5.41) is 0.463. The van der Waals surface area contributed by atoms with Crippen LogP contribution in [0.15, 0.2) is 42.6 Å². The lowest BCUT2D eigenvalue weighted by Crippen LogP contribution is -2.34. The van der Waals surface area contributed by atoms with Gasteiger partial charge in [-0.25, -0.2) is 9.78 Å². The third-order valence-electron chi connectivity index (χ3n) is 2.98. The van der Waals surface area contributed by atoms with Crippen LogP contribution in [0.2, 0.25) is 5.15 Å². The second-order valence-corrected chi connectivity index (χ2v) is 6.34. The number of carbonyl (C=O) groups is 1. The summed E-state index contributed by atoms with van der Waals surface area (Å²) in [4.78, 5) is 17.6. The monoisotopic (exact) mass is 318 g/mol. The van der Waals surface area contributed by atoms with Gasteiger partial charge in [-0.05, 0) is 50.6 Å². The Balaban J connectivity index is 2.14. The average Bonchev–Trinajstić information content (AvgIpc) is 2.46. The van der Waals surface area contributed by atoms with Gasteiger partial charge in [0, 0.05) is 24.5 Å². The van der Waals surface area contributed by atoms with Crippen molar-refractivity contribution in [3.63, 3.8) is 0 Å². The summed E-state index contributed by atoms with van der Waals surface area (Å²) in [5.41, 5.74) is 2.22. The summed E-state index contributed by atoms with van der Waals surface area (Å²) >= 11 is 5.78. The van der Waals surface area contributed by atoms with Gasteiger partial charge in [0.1, 0.15) is 10.8 Å². The second-order valence-electron chi connectivity index (χ2n) is 5.96. The Morgan fingerprint density at radius 2 is 1.68 bits per heavy atom. The van der Waals surface area contributed by atoms with E-state index in [-0.39, 0.29) is 6.09 Å². The van der Waals surface area contributed by atoms with Crippen molar-refractivity contribution in [1.29, 1.82) is 0 Å². The van der Waals surface area contributed by atoms with Crippen LogP contribution in [-0.2, 0) is 4.74 Å². The van der Waals surface area contributed by atoms with Crippen molar-refractivity contribution in [2.45, 2.75) is 26.4 Å². The van der Waals surface area contributed by atoms with Crippen molar-refractivity contribution in [3.05, 3.63) is 47.7 Å². The van der Waals surface area contributed by atoms with Gasteiger partial charge in [0.2, 0.25) is 0 Å². The highest BCUT2D eigenvalue weighted by atomic mass is 35.5. The predicted octanol–water partition coefficient (Wildman–Crippen LogP) is 4.77. The van der Waals surface area contributed by atoms with Crippen LogP contribution in [0, 0.1) is 0 Å². The van der Waals surface area contributed by atoms with Crippen molar-refractivity contribution in [1.82, 2.24) is 4.98 Å². The number of carbonyl (C=O) groups excluding carboxylic acids is 1. The first-order chi connectivity index (χ1) is 10.3. The molecule has 0 saturated carbocycles. The Morgan fingerprint density at radius 1 is 1.09 bits per heavy atom. The Labute approximate surface area is 135 Å². The molecule has 1 aromatic heterocycles. The van der Waals surface area contributed by atoms with Crippen LogP contribution in [-0.4, -0.2) is 23.7 Å². The Kier molecular flexibility index (Phi) is 4.71. The van der Waals surface area contributed by atoms with E-state index in [1.54, 1.807) is 19.3 Å². The van der Waals surface area contributed by atoms with Crippen molar-refractivity contribution in [2.75, 3.05) is 11.9 Å². The van der Waals surface area contributed by atoms with E-state index in [1.807, 2.05) is 51.1 Å². The van der Waals surface area contributed by atoms with Crippen molar-refractivity contribution in [2.24, 2.45) is 0 Å². The van der Waals surface area contributed by atoms with Gasteiger partial charge in [0.15, 0.2) is 0 Å². The van der Waals surface area contributed by atoms with Crippen molar-refractivity contribution in [3.8, 4) is 11.1 Å². The highest BCUT2D eigenvalue weighted by molar-refractivity contribution is 6.29. The zero-order chi connectivity index (χ0) is 16.3. The zero-order valence-corrected chi connectivity index (χ0v) is 13.9. The molecule has 0 aliphatic heterocycles. The van der Waals surface area contributed by atoms with E-state index >= 15 is 0 Å². The molecule has 0 radical (unpaired) electrons. The Morgan fingerprint density at radius 3 is 2.18 bits per heavy atom. The molecule has 22 heavy (non-hydrogen) atoms. The molecule has 0 N–H and O–H groups in total. The summed E-state index contributed by atoms with van der Waals surface area (Å²) in [7, 11) is 1.69. The summed E-state index contributed by atoms with van der Waals surface area (Å²) in [5.74, 6) is 0. The molecule has 0 aliphatic carbocycles. The molecule has 1 heterocycles. The Bertz CT molecular complexity index is 646. The molecular formula is C17H19ClN2O2. The smallest absolute Gasteiger partial charge is 0.414 e. The maximum absolute atomic E-state index is 12.0. The molecule has 2 rings (SSSR count). The SMILES string of the molecule is CN(C(=O)OC(C)(C)C)c1ccc(-c2ccc(Cl)nc2)cc1. The molecule has 0 fully saturated rings. The highest BCUT2D eigenvalue weighted by Crippen LogP contribution is 2.24. The minimum absolute atomic E-state index is 0.381. The van der Waals surface area contributed by atoms with Crippen LogP contribution in [0.25, 0.3) is 11.1 Å². The van der Waals surface area contributed by atoms with E-state index in [4.69, 9.17) is 16.3 Å².